The first-order valence-corrected chi connectivity index (χ1v) is 16.1. The third-order valence-corrected chi connectivity index (χ3v) is 10.9. The maximum Gasteiger partial charge on any atom is 0.306 e. The number of nitrogens with zero attached hydrogens (tertiary/aromatic N) is 3. The molecule has 0 radical (unpaired) electrons. The molecule has 1 unspecified atom stereocenters. The third kappa shape index (κ3) is 6.48. The quantitative estimate of drug-likeness (QED) is 0.366. The van der Waals surface area contributed by atoms with E-state index in [4.69, 9.17) is 11.6 Å². The normalized spacial score (nSPS) is 23.9. The highest BCUT2D eigenvalue weighted by Gasteiger charge is 2.45. The van der Waals surface area contributed by atoms with Gasteiger partial charge in [0.15, 0.2) is 0 Å². The van der Waals surface area contributed by atoms with E-state index in [1.165, 1.54) is 0 Å². The van der Waals surface area contributed by atoms with Gasteiger partial charge in [0.25, 0.3) is 5.91 Å². The largest absolute Gasteiger partial charge is 0.481 e. The summed E-state index contributed by atoms with van der Waals surface area (Å²) >= 11 is 6.50. The molecular weight excluding hydrogens is 562 g/mol. The summed E-state index contributed by atoms with van der Waals surface area (Å²) in [7, 11) is 0. The van der Waals surface area contributed by atoms with Gasteiger partial charge in [0.2, 0.25) is 5.91 Å². The number of halogens is 1. The van der Waals surface area contributed by atoms with Crippen molar-refractivity contribution in [1.29, 1.82) is 0 Å². The number of aliphatic carboxylic acids is 1. The Balaban J connectivity index is 1.21. The number of hydrogen-bond donors (Lipinski definition) is 1. The number of benzene rings is 2. The molecule has 2 saturated heterocycles. The molecule has 2 aromatic carbocycles. The Bertz CT molecular complexity index is 1360. The molecule has 43 heavy (non-hydrogen) atoms. The maximum atomic E-state index is 14.2. The van der Waals surface area contributed by atoms with Crippen molar-refractivity contribution >= 4 is 35.1 Å². The molecule has 2 aromatic rings. The molecule has 1 N–H and O–H groups in total. The number of carboxylic acids is 1. The summed E-state index contributed by atoms with van der Waals surface area (Å²) < 4.78 is 0. The van der Waals surface area contributed by atoms with E-state index in [1.54, 1.807) is 0 Å². The number of likely N-dealkylation sites (tertiary alicyclic amines) is 2. The van der Waals surface area contributed by atoms with Crippen LogP contribution in [0.25, 0.3) is 0 Å². The first-order chi connectivity index (χ1) is 20.4. The topological polar surface area (TPSA) is 81.2 Å². The molecule has 0 aromatic heterocycles. The molecule has 2 amide bonds. The lowest BCUT2D eigenvalue weighted by Crippen LogP contribution is -2.45. The van der Waals surface area contributed by atoms with Crippen LogP contribution in [0, 0.1) is 49.9 Å². The van der Waals surface area contributed by atoms with Crippen LogP contribution in [0.4, 0.5) is 5.69 Å². The predicted molar refractivity (Wildman–Crippen MR) is 171 cm³/mol. The van der Waals surface area contributed by atoms with E-state index in [0.29, 0.717) is 36.2 Å². The fraction of sp³-hybridized carbons (Fsp3) is 0.571. The van der Waals surface area contributed by atoms with Crippen molar-refractivity contribution in [3.8, 4) is 0 Å². The Hall–Kier alpha value is -2.90. The van der Waals surface area contributed by atoms with Gasteiger partial charge < -0.3 is 19.8 Å². The first kappa shape index (κ1) is 31.5. The van der Waals surface area contributed by atoms with Crippen LogP contribution in [0.15, 0.2) is 36.4 Å². The molecule has 2 aliphatic heterocycles. The average Bonchev–Trinajstić information content (AvgIpc) is 3.68. The number of fused-ring (bicyclic) bond motifs is 1. The van der Waals surface area contributed by atoms with Gasteiger partial charge in [-0.3, -0.25) is 14.4 Å². The van der Waals surface area contributed by atoms with Crippen LogP contribution in [-0.2, 0) is 9.59 Å². The number of rotatable bonds is 9. The van der Waals surface area contributed by atoms with E-state index in [1.807, 2.05) is 80.8 Å². The van der Waals surface area contributed by atoms with E-state index in [0.717, 1.165) is 73.5 Å². The van der Waals surface area contributed by atoms with Gasteiger partial charge in [0, 0.05) is 54.4 Å². The highest BCUT2D eigenvalue weighted by molar-refractivity contribution is 6.31. The standard InChI is InChI=1S/C35H46ClN3O4/c1-22-10-13-29(17-30(22)36)39(34(43)35(4,5)28-12-11-25(16-28)33(41)42)15-7-14-37-18-26-20-38(21-27(26)19-37)32(40)31-23(2)8-6-9-24(31)3/h6,8-10,13,17,25-28H,7,11-12,14-16,18-21H2,1-5H3,(H,41,42)/t25-,26-,27+,28?/m1/s1. The van der Waals surface area contributed by atoms with Gasteiger partial charge in [-0.05, 0) is 99.6 Å². The minimum absolute atomic E-state index is 0.0246. The molecule has 5 rings (SSSR count). The lowest BCUT2D eigenvalue weighted by Gasteiger charge is -2.36. The number of anilines is 1. The minimum Gasteiger partial charge on any atom is -0.481 e. The molecule has 0 bridgehead atoms. The second-order valence-electron chi connectivity index (χ2n) is 13.8. The maximum absolute atomic E-state index is 14.2. The minimum atomic E-state index is -0.763. The van der Waals surface area contributed by atoms with Crippen LogP contribution < -0.4 is 4.90 Å². The van der Waals surface area contributed by atoms with Gasteiger partial charge >= 0.3 is 5.97 Å². The zero-order valence-corrected chi connectivity index (χ0v) is 27.0. The molecule has 0 spiro atoms. The first-order valence-electron chi connectivity index (χ1n) is 15.8. The Morgan fingerprint density at radius 2 is 1.60 bits per heavy atom. The Morgan fingerprint density at radius 1 is 0.953 bits per heavy atom. The summed E-state index contributed by atoms with van der Waals surface area (Å²) in [5.74, 6) is 0.0267. The number of carbonyl (C=O) groups is 3. The van der Waals surface area contributed by atoms with Crippen LogP contribution >= 0.6 is 11.6 Å². The van der Waals surface area contributed by atoms with Crippen LogP contribution in [-0.4, -0.2) is 72.0 Å². The van der Waals surface area contributed by atoms with Gasteiger partial charge in [-0.25, -0.2) is 0 Å². The zero-order valence-electron chi connectivity index (χ0n) is 26.2. The highest BCUT2D eigenvalue weighted by Crippen LogP contribution is 2.44. The van der Waals surface area contributed by atoms with Gasteiger partial charge in [0.05, 0.1) is 5.92 Å². The van der Waals surface area contributed by atoms with Crippen LogP contribution in [0.3, 0.4) is 0 Å². The summed E-state index contributed by atoms with van der Waals surface area (Å²) in [6.07, 6.45) is 2.73. The van der Waals surface area contributed by atoms with Crippen molar-refractivity contribution in [2.75, 3.05) is 44.2 Å². The molecule has 2 heterocycles. The summed E-state index contributed by atoms with van der Waals surface area (Å²) in [6.45, 7) is 14.9. The molecule has 3 fully saturated rings. The lowest BCUT2D eigenvalue weighted by atomic mass is 9.76. The van der Waals surface area contributed by atoms with Gasteiger partial charge in [0.1, 0.15) is 0 Å². The van der Waals surface area contributed by atoms with E-state index < -0.39 is 11.4 Å². The van der Waals surface area contributed by atoms with Crippen LogP contribution in [0.1, 0.15) is 66.6 Å². The fourth-order valence-electron chi connectivity index (χ4n) is 7.68. The molecule has 4 atom stereocenters. The summed E-state index contributed by atoms with van der Waals surface area (Å²) in [5, 5.41) is 10.2. The van der Waals surface area contributed by atoms with Gasteiger partial charge in [-0.15, -0.1) is 0 Å². The van der Waals surface area contributed by atoms with Gasteiger partial charge in [-0.2, -0.15) is 0 Å². The smallest absolute Gasteiger partial charge is 0.306 e. The Kier molecular flexibility index (Phi) is 9.24. The summed E-state index contributed by atoms with van der Waals surface area (Å²) in [4.78, 5) is 45.5. The van der Waals surface area contributed by atoms with Crippen molar-refractivity contribution in [1.82, 2.24) is 9.80 Å². The molecule has 7 nitrogen and oxygen atoms in total. The molecule has 1 saturated carbocycles. The van der Waals surface area contributed by atoms with E-state index in [9.17, 15) is 19.5 Å². The second kappa shape index (κ2) is 12.6. The van der Waals surface area contributed by atoms with Crippen molar-refractivity contribution in [3.63, 3.8) is 0 Å². The molecule has 232 valence electrons. The lowest BCUT2D eigenvalue weighted by molar-refractivity contribution is -0.142. The van der Waals surface area contributed by atoms with E-state index >= 15 is 0 Å². The van der Waals surface area contributed by atoms with Crippen molar-refractivity contribution in [2.45, 2.75) is 60.3 Å². The fourth-order valence-corrected chi connectivity index (χ4v) is 7.86. The Morgan fingerprint density at radius 3 is 2.19 bits per heavy atom. The number of carboxylic acid groups (broad SMARTS) is 1. The van der Waals surface area contributed by atoms with Gasteiger partial charge in [-0.1, -0.05) is 49.7 Å². The number of amides is 2. The van der Waals surface area contributed by atoms with Crippen molar-refractivity contribution in [3.05, 3.63) is 63.7 Å². The monoisotopic (exact) mass is 607 g/mol. The number of aryl methyl sites for hydroxylation is 3. The van der Waals surface area contributed by atoms with Crippen molar-refractivity contribution in [2.24, 2.45) is 29.1 Å². The van der Waals surface area contributed by atoms with Crippen LogP contribution in [0.2, 0.25) is 5.02 Å². The number of carbonyl (C=O) groups excluding carboxylic acids is 2. The Labute approximate surface area is 261 Å². The molecule has 1 aliphatic carbocycles. The molecule has 8 heteroatoms. The van der Waals surface area contributed by atoms with E-state index in [-0.39, 0.29) is 23.7 Å². The predicted octanol–water partition coefficient (Wildman–Crippen LogP) is 6.22. The molecular formula is C35H46ClN3O4. The number of hydrogen-bond acceptors (Lipinski definition) is 4. The summed E-state index contributed by atoms with van der Waals surface area (Å²) in [5.41, 5.74) is 3.99. The second-order valence-corrected chi connectivity index (χ2v) is 14.2. The SMILES string of the molecule is Cc1ccc(N(CCCN2C[C@@H]3CN(C(=O)c4c(C)cccc4C)C[C@@H]3C2)C(=O)C(C)(C)C2CC[C@@H](C(=O)O)C2)cc1Cl. The molecule has 3 aliphatic rings. The zero-order chi connectivity index (χ0) is 31.1. The van der Waals surface area contributed by atoms with Crippen molar-refractivity contribution < 1.29 is 19.5 Å². The van der Waals surface area contributed by atoms with E-state index in [2.05, 4.69) is 4.90 Å². The third-order valence-electron chi connectivity index (χ3n) is 10.5. The average molecular weight is 608 g/mol. The summed E-state index contributed by atoms with van der Waals surface area (Å²) in [6, 6.07) is 11.8. The highest BCUT2D eigenvalue weighted by atomic mass is 35.5. The van der Waals surface area contributed by atoms with Crippen LogP contribution in [0.5, 0.6) is 0 Å².